The molecule has 5 heteroatoms. The molecule has 1 unspecified atom stereocenters. The molecule has 1 saturated carbocycles. The zero-order valence-corrected chi connectivity index (χ0v) is 10.7. The van der Waals surface area contributed by atoms with Gasteiger partial charge in [0.15, 0.2) is 10.3 Å². The third-order valence-corrected chi connectivity index (χ3v) is 4.10. The fourth-order valence-corrected chi connectivity index (χ4v) is 2.71. The maximum absolute atomic E-state index is 8.79. The number of thiazole rings is 1. The largest absolute Gasteiger partial charge is 0.359 e. The van der Waals surface area contributed by atoms with Crippen molar-refractivity contribution in [3.8, 4) is 6.07 Å². The van der Waals surface area contributed by atoms with Crippen LogP contribution in [0.1, 0.15) is 37.5 Å². The van der Waals surface area contributed by atoms with Gasteiger partial charge in [-0.1, -0.05) is 42.7 Å². The van der Waals surface area contributed by atoms with E-state index in [0.29, 0.717) is 16.1 Å². The third-order valence-electron chi connectivity index (χ3n) is 2.82. The number of hydrogen-bond acceptors (Lipinski definition) is 4. The maximum atomic E-state index is 8.79. The van der Waals surface area contributed by atoms with E-state index in [1.165, 1.54) is 30.6 Å². The van der Waals surface area contributed by atoms with E-state index in [1.54, 1.807) is 0 Å². The highest BCUT2D eigenvalue weighted by atomic mass is 35.5. The molecule has 1 fully saturated rings. The molecule has 3 nitrogen and oxygen atoms in total. The number of anilines is 1. The summed E-state index contributed by atoms with van der Waals surface area (Å²) >= 11 is 7.16. The van der Waals surface area contributed by atoms with Crippen LogP contribution in [-0.4, -0.2) is 11.0 Å². The summed E-state index contributed by atoms with van der Waals surface area (Å²) in [6, 6.07) is 2.50. The van der Waals surface area contributed by atoms with E-state index in [4.69, 9.17) is 16.9 Å². The van der Waals surface area contributed by atoms with Gasteiger partial charge in [-0.05, 0) is 18.8 Å². The number of nitrogens with zero attached hydrogens (tertiary/aromatic N) is 2. The van der Waals surface area contributed by atoms with Gasteiger partial charge in [-0.3, -0.25) is 0 Å². The highest BCUT2D eigenvalue weighted by molar-refractivity contribution is 7.16. The zero-order valence-electron chi connectivity index (χ0n) is 9.16. The summed E-state index contributed by atoms with van der Waals surface area (Å²) < 4.78 is 0. The Morgan fingerprint density at radius 1 is 1.69 bits per heavy atom. The van der Waals surface area contributed by atoms with E-state index in [-0.39, 0.29) is 0 Å². The summed E-state index contributed by atoms with van der Waals surface area (Å²) in [4.78, 5) is 4.64. The van der Waals surface area contributed by atoms with Crippen molar-refractivity contribution in [2.75, 3.05) is 5.32 Å². The van der Waals surface area contributed by atoms with Gasteiger partial charge in [0.1, 0.15) is 10.9 Å². The molecule has 0 saturated heterocycles. The molecule has 1 N–H and O–H groups in total. The van der Waals surface area contributed by atoms with Crippen LogP contribution in [0.5, 0.6) is 0 Å². The number of halogens is 1. The van der Waals surface area contributed by atoms with Crippen LogP contribution >= 0.6 is 22.9 Å². The van der Waals surface area contributed by atoms with Crippen molar-refractivity contribution < 1.29 is 0 Å². The van der Waals surface area contributed by atoms with Crippen LogP contribution in [0.4, 0.5) is 5.13 Å². The molecular weight excluding hydrogens is 242 g/mol. The average molecular weight is 256 g/mol. The van der Waals surface area contributed by atoms with Crippen molar-refractivity contribution in [2.45, 2.75) is 38.6 Å². The predicted molar refractivity (Wildman–Crippen MR) is 66.9 cm³/mol. The number of nitriles is 1. The van der Waals surface area contributed by atoms with E-state index < -0.39 is 0 Å². The number of rotatable bonds is 5. The van der Waals surface area contributed by atoms with Crippen LogP contribution in [0.3, 0.4) is 0 Å². The van der Waals surface area contributed by atoms with Gasteiger partial charge in [0.25, 0.3) is 0 Å². The molecule has 16 heavy (non-hydrogen) atoms. The van der Waals surface area contributed by atoms with E-state index in [9.17, 15) is 0 Å². The topological polar surface area (TPSA) is 48.7 Å². The fraction of sp³-hybridized carbons (Fsp3) is 0.636. The summed E-state index contributed by atoms with van der Waals surface area (Å²) in [6.45, 7) is 2.17. The maximum Gasteiger partial charge on any atom is 0.185 e. The highest BCUT2D eigenvalue weighted by Crippen LogP contribution is 2.35. The number of aromatic nitrogens is 1. The molecule has 0 radical (unpaired) electrons. The quantitative estimate of drug-likeness (QED) is 0.874. The lowest BCUT2D eigenvalue weighted by atomic mass is 10.1. The SMILES string of the molecule is CCC(CC1CC1)Nc1nc(Cl)c(C#N)s1. The van der Waals surface area contributed by atoms with Crippen molar-refractivity contribution in [3.05, 3.63) is 10.0 Å². The van der Waals surface area contributed by atoms with Gasteiger partial charge in [-0.25, -0.2) is 4.98 Å². The van der Waals surface area contributed by atoms with Crippen LogP contribution in [0, 0.1) is 17.2 Å². The molecule has 1 aliphatic carbocycles. The Hall–Kier alpha value is -0.790. The molecule has 0 bridgehead atoms. The summed E-state index contributed by atoms with van der Waals surface area (Å²) in [6.07, 6.45) is 5.01. The Kier molecular flexibility index (Phi) is 3.67. The minimum Gasteiger partial charge on any atom is -0.359 e. The third kappa shape index (κ3) is 2.87. The van der Waals surface area contributed by atoms with Gasteiger partial charge >= 0.3 is 0 Å². The second kappa shape index (κ2) is 5.03. The van der Waals surface area contributed by atoms with E-state index in [2.05, 4.69) is 17.2 Å². The second-order valence-electron chi connectivity index (χ2n) is 4.18. The second-order valence-corrected chi connectivity index (χ2v) is 5.54. The van der Waals surface area contributed by atoms with Gasteiger partial charge in [-0.2, -0.15) is 5.26 Å². The van der Waals surface area contributed by atoms with Crippen LogP contribution in [-0.2, 0) is 0 Å². The molecule has 86 valence electrons. The highest BCUT2D eigenvalue weighted by Gasteiger charge is 2.25. The Morgan fingerprint density at radius 3 is 2.94 bits per heavy atom. The first kappa shape index (κ1) is 11.7. The lowest BCUT2D eigenvalue weighted by Crippen LogP contribution is -2.18. The summed E-state index contributed by atoms with van der Waals surface area (Å²) in [5.74, 6) is 0.892. The predicted octanol–water partition coefficient (Wildman–Crippen LogP) is 3.66. The molecule has 0 aromatic carbocycles. The lowest BCUT2D eigenvalue weighted by molar-refractivity contribution is 0.586. The van der Waals surface area contributed by atoms with Gasteiger partial charge < -0.3 is 5.32 Å². The molecule has 1 aromatic heterocycles. The van der Waals surface area contributed by atoms with Crippen LogP contribution in [0.2, 0.25) is 5.15 Å². The van der Waals surface area contributed by atoms with Crippen molar-refractivity contribution in [2.24, 2.45) is 5.92 Å². The summed E-state index contributed by atoms with van der Waals surface area (Å²) in [5, 5.41) is 13.2. The molecule has 1 atom stereocenters. The Labute approximate surface area is 104 Å². The summed E-state index contributed by atoms with van der Waals surface area (Å²) in [5.41, 5.74) is 0. The average Bonchev–Trinajstić information content (AvgIpc) is 3.01. The van der Waals surface area contributed by atoms with Gasteiger partial charge in [-0.15, -0.1) is 0 Å². The molecule has 2 rings (SSSR count). The Morgan fingerprint density at radius 2 is 2.44 bits per heavy atom. The molecule has 0 spiro atoms. The van der Waals surface area contributed by atoms with Crippen molar-refractivity contribution in [1.29, 1.82) is 5.26 Å². The normalized spacial score (nSPS) is 16.8. The monoisotopic (exact) mass is 255 g/mol. The molecule has 1 aliphatic rings. The molecule has 1 heterocycles. The van der Waals surface area contributed by atoms with Crippen molar-refractivity contribution >= 4 is 28.1 Å². The molecule has 0 aliphatic heterocycles. The minimum atomic E-state index is 0.316. The van der Waals surface area contributed by atoms with Crippen LogP contribution < -0.4 is 5.32 Å². The van der Waals surface area contributed by atoms with E-state index >= 15 is 0 Å². The fourth-order valence-electron chi connectivity index (χ4n) is 1.69. The standard InChI is InChI=1S/C11H14ClN3S/c1-2-8(5-7-3-4-7)14-11-15-10(12)9(6-13)16-11/h7-8H,2-5H2,1H3,(H,14,15). The van der Waals surface area contributed by atoms with Gasteiger partial charge in [0.2, 0.25) is 0 Å². The van der Waals surface area contributed by atoms with Gasteiger partial charge in [0.05, 0.1) is 0 Å². The minimum absolute atomic E-state index is 0.316. The first-order valence-corrected chi connectivity index (χ1v) is 6.75. The lowest BCUT2D eigenvalue weighted by Gasteiger charge is -2.15. The molecular formula is C11H14ClN3S. The van der Waals surface area contributed by atoms with E-state index in [0.717, 1.165) is 17.5 Å². The Bertz CT molecular complexity index is 406. The molecule has 1 aromatic rings. The van der Waals surface area contributed by atoms with Gasteiger partial charge in [0, 0.05) is 6.04 Å². The first-order valence-electron chi connectivity index (χ1n) is 5.56. The first-order chi connectivity index (χ1) is 7.72. The van der Waals surface area contributed by atoms with Crippen LogP contribution in [0.25, 0.3) is 0 Å². The smallest absolute Gasteiger partial charge is 0.185 e. The number of hydrogen-bond donors (Lipinski definition) is 1. The summed E-state index contributed by atoms with van der Waals surface area (Å²) in [7, 11) is 0. The van der Waals surface area contributed by atoms with Crippen molar-refractivity contribution in [3.63, 3.8) is 0 Å². The molecule has 0 amide bonds. The Balaban J connectivity index is 1.97. The van der Waals surface area contributed by atoms with Crippen molar-refractivity contribution in [1.82, 2.24) is 4.98 Å². The van der Waals surface area contributed by atoms with E-state index in [1.807, 2.05) is 6.07 Å². The number of nitrogens with one attached hydrogen (secondary N) is 1. The van der Waals surface area contributed by atoms with Crippen LogP contribution in [0.15, 0.2) is 0 Å². The zero-order chi connectivity index (χ0) is 11.5.